The van der Waals surface area contributed by atoms with E-state index < -0.39 is 10.0 Å². The van der Waals surface area contributed by atoms with E-state index in [9.17, 15) is 8.42 Å². The molecule has 1 heterocycles. The average molecular weight is 337 g/mol. The van der Waals surface area contributed by atoms with Crippen molar-refractivity contribution < 1.29 is 13.2 Å². The SMILES string of the molecule is C[C@H](NS(=O)(=O)c1ccc(C2CCCCC2)cc1)[C@@H]1CCCO1. The number of benzene rings is 1. The molecule has 0 unspecified atom stereocenters. The highest BCUT2D eigenvalue weighted by Gasteiger charge is 2.27. The molecule has 1 N–H and O–H groups in total. The van der Waals surface area contributed by atoms with Crippen molar-refractivity contribution in [2.75, 3.05) is 6.61 Å². The van der Waals surface area contributed by atoms with Crippen molar-refractivity contribution in [3.05, 3.63) is 29.8 Å². The Bertz CT molecular complexity index is 600. The van der Waals surface area contributed by atoms with Crippen LogP contribution in [0.25, 0.3) is 0 Å². The second-order valence-corrected chi connectivity index (χ2v) is 8.58. The van der Waals surface area contributed by atoms with E-state index in [1.165, 1.54) is 37.7 Å². The highest BCUT2D eigenvalue weighted by atomic mass is 32.2. The summed E-state index contributed by atoms with van der Waals surface area (Å²) >= 11 is 0. The number of hydrogen-bond acceptors (Lipinski definition) is 3. The van der Waals surface area contributed by atoms with Crippen molar-refractivity contribution in [1.82, 2.24) is 4.72 Å². The standard InChI is InChI=1S/C18H27NO3S/c1-14(18-8-5-13-22-18)19-23(20,21)17-11-9-16(10-12-17)15-6-3-2-4-7-15/h9-12,14-15,18-19H,2-8,13H2,1H3/t14-,18-/m0/s1. The minimum absolute atomic E-state index is 0.00807. The van der Waals surface area contributed by atoms with Gasteiger partial charge in [-0.15, -0.1) is 0 Å². The lowest BCUT2D eigenvalue weighted by atomic mass is 9.84. The van der Waals surface area contributed by atoms with Gasteiger partial charge in [0.05, 0.1) is 11.0 Å². The molecular formula is C18H27NO3S. The fourth-order valence-electron chi connectivity index (χ4n) is 3.74. The van der Waals surface area contributed by atoms with E-state index in [1.54, 1.807) is 12.1 Å². The van der Waals surface area contributed by atoms with E-state index in [-0.39, 0.29) is 12.1 Å². The first kappa shape index (κ1) is 16.9. The molecule has 5 heteroatoms. The van der Waals surface area contributed by atoms with Gasteiger partial charge < -0.3 is 4.74 Å². The topological polar surface area (TPSA) is 55.4 Å². The average Bonchev–Trinajstić information content (AvgIpc) is 3.10. The first-order valence-electron chi connectivity index (χ1n) is 8.80. The summed E-state index contributed by atoms with van der Waals surface area (Å²) in [5.74, 6) is 0.597. The van der Waals surface area contributed by atoms with Gasteiger partial charge >= 0.3 is 0 Å². The van der Waals surface area contributed by atoms with Crippen LogP contribution in [0.15, 0.2) is 29.2 Å². The zero-order chi connectivity index (χ0) is 16.3. The summed E-state index contributed by atoms with van der Waals surface area (Å²) in [5, 5.41) is 0. The Kier molecular flexibility index (Phi) is 5.39. The molecule has 1 aromatic carbocycles. The normalized spacial score (nSPS) is 24.7. The summed E-state index contributed by atoms with van der Waals surface area (Å²) in [5.41, 5.74) is 1.27. The minimum atomic E-state index is -3.47. The molecule has 1 aliphatic heterocycles. The maximum atomic E-state index is 12.5. The van der Waals surface area contributed by atoms with Crippen LogP contribution in [-0.2, 0) is 14.8 Å². The third kappa shape index (κ3) is 4.14. The van der Waals surface area contributed by atoms with Crippen LogP contribution in [0.4, 0.5) is 0 Å². The quantitative estimate of drug-likeness (QED) is 0.893. The number of ether oxygens (including phenoxy) is 1. The summed E-state index contributed by atoms with van der Waals surface area (Å²) in [4.78, 5) is 0.349. The van der Waals surface area contributed by atoms with Gasteiger partial charge in [-0.1, -0.05) is 31.4 Å². The molecule has 1 aromatic rings. The predicted octanol–water partition coefficient (Wildman–Crippen LogP) is 3.58. The first-order chi connectivity index (χ1) is 11.1. The van der Waals surface area contributed by atoms with E-state index in [0.717, 1.165) is 19.4 Å². The highest BCUT2D eigenvalue weighted by Crippen LogP contribution is 2.32. The van der Waals surface area contributed by atoms with Gasteiger partial charge in [0.2, 0.25) is 10.0 Å². The Morgan fingerprint density at radius 2 is 1.74 bits per heavy atom. The fraction of sp³-hybridized carbons (Fsp3) is 0.667. The monoisotopic (exact) mass is 337 g/mol. The molecule has 23 heavy (non-hydrogen) atoms. The van der Waals surface area contributed by atoms with Crippen molar-refractivity contribution in [2.24, 2.45) is 0 Å². The molecule has 3 rings (SSSR count). The number of sulfonamides is 1. The molecule has 1 aliphatic carbocycles. The van der Waals surface area contributed by atoms with Crippen LogP contribution in [0, 0.1) is 0 Å². The van der Waals surface area contributed by atoms with Crippen LogP contribution in [0.1, 0.15) is 63.4 Å². The minimum Gasteiger partial charge on any atom is -0.377 e. The summed E-state index contributed by atoms with van der Waals surface area (Å²) in [7, 11) is -3.47. The molecule has 2 fully saturated rings. The number of hydrogen-bond donors (Lipinski definition) is 1. The van der Waals surface area contributed by atoms with E-state index in [2.05, 4.69) is 4.72 Å². The predicted molar refractivity (Wildman–Crippen MR) is 91.0 cm³/mol. The Morgan fingerprint density at radius 1 is 1.04 bits per heavy atom. The lowest BCUT2D eigenvalue weighted by Gasteiger charge is -2.22. The molecule has 1 saturated heterocycles. The zero-order valence-electron chi connectivity index (χ0n) is 13.8. The summed E-state index contributed by atoms with van der Waals surface area (Å²) in [6.07, 6.45) is 8.26. The Hall–Kier alpha value is -0.910. The van der Waals surface area contributed by atoms with Crippen LogP contribution >= 0.6 is 0 Å². The van der Waals surface area contributed by atoms with Crippen LogP contribution in [0.3, 0.4) is 0 Å². The fourth-order valence-corrected chi connectivity index (χ4v) is 5.01. The summed E-state index contributed by atoms with van der Waals surface area (Å²) in [6, 6.07) is 7.27. The maximum absolute atomic E-state index is 12.5. The van der Waals surface area contributed by atoms with Crippen molar-refractivity contribution in [3.63, 3.8) is 0 Å². The molecule has 0 amide bonds. The number of rotatable bonds is 5. The van der Waals surface area contributed by atoms with Crippen molar-refractivity contribution >= 4 is 10.0 Å². The Morgan fingerprint density at radius 3 is 2.35 bits per heavy atom. The van der Waals surface area contributed by atoms with E-state index in [1.807, 2.05) is 19.1 Å². The molecule has 1 saturated carbocycles. The van der Waals surface area contributed by atoms with Crippen LogP contribution in [0.5, 0.6) is 0 Å². The molecular weight excluding hydrogens is 310 g/mol. The molecule has 0 radical (unpaired) electrons. The van der Waals surface area contributed by atoms with Gasteiger partial charge in [-0.2, -0.15) is 0 Å². The van der Waals surface area contributed by atoms with Gasteiger partial charge in [0.1, 0.15) is 0 Å². The largest absolute Gasteiger partial charge is 0.377 e. The molecule has 2 atom stereocenters. The second-order valence-electron chi connectivity index (χ2n) is 6.87. The van der Waals surface area contributed by atoms with Crippen molar-refractivity contribution in [3.8, 4) is 0 Å². The van der Waals surface area contributed by atoms with Crippen LogP contribution in [0.2, 0.25) is 0 Å². The third-order valence-corrected chi connectivity index (χ3v) is 6.71. The number of nitrogens with one attached hydrogen (secondary N) is 1. The summed E-state index contributed by atoms with van der Waals surface area (Å²) in [6.45, 7) is 2.61. The Balaban J connectivity index is 1.67. The first-order valence-corrected chi connectivity index (χ1v) is 10.3. The molecule has 0 spiro atoms. The van der Waals surface area contributed by atoms with Crippen molar-refractivity contribution in [2.45, 2.75) is 74.8 Å². The molecule has 0 aromatic heterocycles. The third-order valence-electron chi connectivity index (χ3n) is 5.13. The molecule has 0 bridgehead atoms. The van der Waals surface area contributed by atoms with Gasteiger partial charge in [-0.25, -0.2) is 13.1 Å². The second kappa shape index (κ2) is 7.32. The summed E-state index contributed by atoms with van der Waals surface area (Å²) < 4.78 is 33.4. The van der Waals surface area contributed by atoms with Gasteiger partial charge in [0, 0.05) is 12.6 Å². The van der Waals surface area contributed by atoms with Gasteiger partial charge in [-0.3, -0.25) is 0 Å². The molecule has 4 nitrogen and oxygen atoms in total. The van der Waals surface area contributed by atoms with Crippen LogP contribution in [-0.4, -0.2) is 27.2 Å². The van der Waals surface area contributed by atoms with E-state index in [0.29, 0.717) is 10.8 Å². The highest BCUT2D eigenvalue weighted by molar-refractivity contribution is 7.89. The lowest BCUT2D eigenvalue weighted by molar-refractivity contribution is 0.0902. The van der Waals surface area contributed by atoms with E-state index >= 15 is 0 Å². The van der Waals surface area contributed by atoms with Crippen molar-refractivity contribution in [1.29, 1.82) is 0 Å². The van der Waals surface area contributed by atoms with Crippen LogP contribution < -0.4 is 4.72 Å². The van der Waals surface area contributed by atoms with Gasteiger partial charge in [-0.05, 0) is 56.2 Å². The van der Waals surface area contributed by atoms with E-state index in [4.69, 9.17) is 4.74 Å². The lowest BCUT2D eigenvalue weighted by Crippen LogP contribution is -2.40. The smallest absolute Gasteiger partial charge is 0.240 e. The molecule has 2 aliphatic rings. The molecule has 128 valence electrons. The van der Waals surface area contributed by atoms with Gasteiger partial charge in [0.25, 0.3) is 0 Å². The van der Waals surface area contributed by atoms with Gasteiger partial charge in [0.15, 0.2) is 0 Å². The maximum Gasteiger partial charge on any atom is 0.240 e. The Labute approximate surface area is 139 Å². The zero-order valence-corrected chi connectivity index (χ0v) is 14.6.